The molecule has 8 heteroatoms. The molecule has 2 aromatic rings. The molecule has 0 saturated carbocycles. The lowest BCUT2D eigenvalue weighted by Crippen LogP contribution is -2.31. The van der Waals surface area contributed by atoms with Gasteiger partial charge in [-0.05, 0) is 36.4 Å². The third kappa shape index (κ3) is 6.82. The Bertz CT molecular complexity index is 756. The summed E-state index contributed by atoms with van der Waals surface area (Å²) in [6.07, 6.45) is 0. The lowest BCUT2D eigenvalue weighted by atomic mass is 10.2. The van der Waals surface area contributed by atoms with Crippen molar-refractivity contribution >= 4 is 27.8 Å². The van der Waals surface area contributed by atoms with Crippen LogP contribution in [0.4, 0.5) is 0 Å². The number of ether oxygens (including phenoxy) is 4. The van der Waals surface area contributed by atoms with Gasteiger partial charge < -0.3 is 24.3 Å². The minimum absolute atomic E-state index is 0.0811. The maximum absolute atomic E-state index is 12.2. The molecule has 0 aromatic heterocycles. The standard InChI is InChI=1S/C19H20BrNO6/c1-24-16-9-13(10-17(11-16)25-2)19(23)21-12-18(22)27-8-7-26-15-5-3-14(20)4-6-15/h3-6,9-11H,7-8,12H2,1-2H3,(H,21,23). The zero-order chi connectivity index (χ0) is 19.6. The van der Waals surface area contributed by atoms with Crippen LogP contribution in [0.1, 0.15) is 10.4 Å². The molecule has 27 heavy (non-hydrogen) atoms. The van der Waals surface area contributed by atoms with Crippen molar-refractivity contribution in [1.82, 2.24) is 5.32 Å². The number of hydrogen-bond donors (Lipinski definition) is 1. The molecule has 0 aliphatic heterocycles. The summed E-state index contributed by atoms with van der Waals surface area (Å²) in [6.45, 7) is 0.0444. The van der Waals surface area contributed by atoms with Crippen LogP contribution in [0.2, 0.25) is 0 Å². The predicted molar refractivity (Wildman–Crippen MR) is 102 cm³/mol. The largest absolute Gasteiger partial charge is 0.497 e. The van der Waals surface area contributed by atoms with E-state index >= 15 is 0 Å². The maximum Gasteiger partial charge on any atom is 0.325 e. The number of halogens is 1. The molecule has 0 atom stereocenters. The lowest BCUT2D eigenvalue weighted by molar-refractivity contribution is -0.143. The average Bonchev–Trinajstić information content (AvgIpc) is 2.70. The molecule has 0 bridgehead atoms. The molecule has 2 aromatic carbocycles. The monoisotopic (exact) mass is 437 g/mol. The minimum Gasteiger partial charge on any atom is -0.497 e. The third-order valence-corrected chi connectivity index (χ3v) is 3.96. The summed E-state index contributed by atoms with van der Waals surface area (Å²) in [5.74, 6) is 0.640. The van der Waals surface area contributed by atoms with Gasteiger partial charge in [0.25, 0.3) is 5.91 Å². The number of carbonyl (C=O) groups excluding carboxylic acids is 2. The highest BCUT2D eigenvalue weighted by atomic mass is 79.9. The van der Waals surface area contributed by atoms with Gasteiger partial charge in [-0.25, -0.2) is 0 Å². The molecule has 0 fully saturated rings. The van der Waals surface area contributed by atoms with Crippen LogP contribution in [-0.4, -0.2) is 45.9 Å². The Kier molecular flexibility index (Phi) is 7.94. The van der Waals surface area contributed by atoms with Crippen molar-refractivity contribution in [1.29, 1.82) is 0 Å². The number of esters is 1. The SMILES string of the molecule is COc1cc(OC)cc(C(=O)NCC(=O)OCCOc2ccc(Br)cc2)c1. The van der Waals surface area contributed by atoms with Gasteiger partial charge in [0.15, 0.2) is 0 Å². The Morgan fingerprint density at radius 2 is 1.56 bits per heavy atom. The summed E-state index contributed by atoms with van der Waals surface area (Å²) >= 11 is 3.33. The molecule has 0 heterocycles. The molecule has 2 rings (SSSR count). The Hall–Kier alpha value is -2.74. The minimum atomic E-state index is -0.558. The maximum atomic E-state index is 12.2. The van der Waals surface area contributed by atoms with Crippen LogP contribution in [-0.2, 0) is 9.53 Å². The molecule has 1 amide bonds. The lowest BCUT2D eigenvalue weighted by Gasteiger charge is -2.10. The van der Waals surface area contributed by atoms with Crippen LogP contribution >= 0.6 is 15.9 Å². The molecule has 0 saturated heterocycles. The number of nitrogens with one attached hydrogen (secondary N) is 1. The van der Waals surface area contributed by atoms with Gasteiger partial charge in [-0.1, -0.05) is 15.9 Å². The molecular weight excluding hydrogens is 418 g/mol. The van der Waals surface area contributed by atoms with Crippen LogP contribution in [0.25, 0.3) is 0 Å². The smallest absolute Gasteiger partial charge is 0.325 e. The van der Waals surface area contributed by atoms with E-state index in [4.69, 9.17) is 18.9 Å². The van der Waals surface area contributed by atoms with Crippen LogP contribution in [0.5, 0.6) is 17.2 Å². The second-order valence-corrected chi connectivity index (χ2v) is 6.22. The summed E-state index contributed by atoms with van der Waals surface area (Å²) in [5, 5.41) is 2.50. The summed E-state index contributed by atoms with van der Waals surface area (Å²) in [7, 11) is 2.98. The van der Waals surface area contributed by atoms with E-state index in [2.05, 4.69) is 21.2 Å². The van der Waals surface area contributed by atoms with Gasteiger partial charge in [0.2, 0.25) is 0 Å². The normalized spacial score (nSPS) is 10.0. The summed E-state index contributed by atoms with van der Waals surface area (Å²) in [6, 6.07) is 12.1. The second kappa shape index (κ2) is 10.4. The quantitative estimate of drug-likeness (QED) is 0.479. The van der Waals surface area contributed by atoms with E-state index in [1.54, 1.807) is 30.3 Å². The summed E-state index contributed by atoms with van der Waals surface area (Å²) in [4.78, 5) is 23.9. The van der Waals surface area contributed by atoms with Crippen LogP contribution < -0.4 is 19.5 Å². The van der Waals surface area contributed by atoms with Gasteiger partial charge in [-0.3, -0.25) is 9.59 Å². The first kappa shape index (κ1) is 20.6. The molecule has 144 valence electrons. The molecule has 7 nitrogen and oxygen atoms in total. The number of rotatable bonds is 9. The van der Waals surface area contributed by atoms with Crippen LogP contribution in [0, 0.1) is 0 Å². The first-order chi connectivity index (χ1) is 13.0. The van der Waals surface area contributed by atoms with Crippen LogP contribution in [0.3, 0.4) is 0 Å². The zero-order valence-corrected chi connectivity index (χ0v) is 16.6. The van der Waals surface area contributed by atoms with Crippen molar-refractivity contribution in [2.45, 2.75) is 0 Å². The molecule has 0 aliphatic rings. The fourth-order valence-electron chi connectivity index (χ4n) is 2.09. The van der Waals surface area contributed by atoms with E-state index in [0.717, 1.165) is 4.47 Å². The number of amides is 1. The summed E-state index contributed by atoms with van der Waals surface area (Å²) < 4.78 is 21.6. The van der Waals surface area contributed by atoms with Crippen LogP contribution in [0.15, 0.2) is 46.9 Å². The number of benzene rings is 2. The highest BCUT2D eigenvalue weighted by Gasteiger charge is 2.12. The van der Waals surface area contributed by atoms with Gasteiger partial charge in [0.1, 0.15) is 37.0 Å². The first-order valence-electron chi connectivity index (χ1n) is 8.07. The number of hydrogen-bond acceptors (Lipinski definition) is 6. The Labute approximate surface area is 165 Å². The fraction of sp³-hybridized carbons (Fsp3) is 0.263. The van der Waals surface area contributed by atoms with Crippen molar-refractivity contribution in [2.24, 2.45) is 0 Å². The molecule has 0 radical (unpaired) electrons. The topological polar surface area (TPSA) is 83.1 Å². The first-order valence-corrected chi connectivity index (χ1v) is 8.86. The molecule has 0 spiro atoms. The fourth-order valence-corrected chi connectivity index (χ4v) is 2.35. The molecule has 0 aliphatic carbocycles. The molecule has 0 unspecified atom stereocenters. The van der Waals surface area contributed by atoms with Gasteiger partial charge in [0, 0.05) is 16.1 Å². The van der Waals surface area contributed by atoms with E-state index < -0.39 is 11.9 Å². The van der Waals surface area contributed by atoms with Crippen molar-refractivity contribution in [2.75, 3.05) is 34.0 Å². The van der Waals surface area contributed by atoms with Gasteiger partial charge in [-0.15, -0.1) is 0 Å². The van der Waals surface area contributed by atoms with Gasteiger partial charge in [-0.2, -0.15) is 0 Å². The van der Waals surface area contributed by atoms with Gasteiger partial charge >= 0.3 is 5.97 Å². The third-order valence-electron chi connectivity index (χ3n) is 3.44. The predicted octanol–water partition coefficient (Wildman–Crippen LogP) is 2.82. The zero-order valence-electron chi connectivity index (χ0n) is 15.0. The van der Waals surface area contributed by atoms with E-state index in [1.807, 2.05) is 12.1 Å². The van der Waals surface area contributed by atoms with E-state index in [-0.39, 0.29) is 19.8 Å². The van der Waals surface area contributed by atoms with E-state index in [0.29, 0.717) is 22.8 Å². The second-order valence-electron chi connectivity index (χ2n) is 5.31. The van der Waals surface area contributed by atoms with Crippen molar-refractivity contribution in [3.8, 4) is 17.2 Å². The molecule has 1 N–H and O–H groups in total. The Balaban J connectivity index is 1.73. The number of carbonyl (C=O) groups is 2. The van der Waals surface area contributed by atoms with Crippen molar-refractivity contribution in [3.63, 3.8) is 0 Å². The average molecular weight is 438 g/mol. The van der Waals surface area contributed by atoms with Crippen molar-refractivity contribution in [3.05, 3.63) is 52.5 Å². The molecular formula is C19H20BrNO6. The van der Waals surface area contributed by atoms with Crippen molar-refractivity contribution < 1.29 is 28.5 Å². The highest BCUT2D eigenvalue weighted by molar-refractivity contribution is 9.10. The Morgan fingerprint density at radius 3 is 2.15 bits per heavy atom. The van der Waals surface area contributed by atoms with E-state index in [1.165, 1.54) is 14.2 Å². The number of methoxy groups -OCH3 is 2. The van der Waals surface area contributed by atoms with Gasteiger partial charge in [0.05, 0.1) is 14.2 Å². The Morgan fingerprint density at radius 1 is 0.926 bits per heavy atom. The summed E-state index contributed by atoms with van der Waals surface area (Å²) in [5.41, 5.74) is 0.317. The van der Waals surface area contributed by atoms with E-state index in [9.17, 15) is 9.59 Å². The highest BCUT2D eigenvalue weighted by Crippen LogP contribution is 2.22.